The molecule has 1 saturated heterocycles. The van der Waals surface area contributed by atoms with E-state index in [9.17, 15) is 4.79 Å². The molecule has 1 N–H and O–H groups in total. The molecule has 3 aromatic rings. The number of nitrogens with one attached hydrogen (secondary N) is 1. The SMILES string of the molecule is COc1ccc2sc(N3CCN(CCNC(=O)c4ccc(C#N)cc4)CC3)nc2c1OC. The Morgan fingerprint density at radius 3 is 2.53 bits per heavy atom. The number of hydrogen-bond donors (Lipinski definition) is 1. The summed E-state index contributed by atoms with van der Waals surface area (Å²) >= 11 is 1.66. The molecule has 1 amide bonds. The summed E-state index contributed by atoms with van der Waals surface area (Å²) in [5.74, 6) is 1.24. The molecule has 4 rings (SSSR count). The molecule has 0 radical (unpaired) electrons. The number of rotatable bonds is 7. The Bertz CT molecular complexity index is 1130. The highest BCUT2D eigenvalue weighted by Crippen LogP contribution is 2.40. The minimum Gasteiger partial charge on any atom is -0.493 e. The third kappa shape index (κ3) is 4.61. The van der Waals surface area contributed by atoms with Gasteiger partial charge in [0.05, 0.1) is 30.6 Å². The third-order valence-corrected chi connectivity index (χ3v) is 6.61. The van der Waals surface area contributed by atoms with E-state index in [0.717, 1.165) is 48.1 Å². The molecule has 1 aliphatic rings. The number of nitrogens with zero attached hydrogens (tertiary/aromatic N) is 4. The zero-order valence-corrected chi connectivity index (χ0v) is 18.9. The summed E-state index contributed by atoms with van der Waals surface area (Å²) in [6.45, 7) is 4.94. The normalized spacial score (nSPS) is 14.2. The van der Waals surface area contributed by atoms with Gasteiger partial charge in [-0.2, -0.15) is 5.26 Å². The second-order valence-corrected chi connectivity index (χ2v) is 8.43. The maximum absolute atomic E-state index is 12.3. The number of benzene rings is 2. The predicted octanol–water partition coefficient (Wildman–Crippen LogP) is 2.74. The average Bonchev–Trinajstić information content (AvgIpc) is 3.28. The molecule has 0 saturated carbocycles. The minimum absolute atomic E-state index is 0.119. The minimum atomic E-state index is -0.119. The zero-order valence-electron chi connectivity index (χ0n) is 18.1. The molecule has 166 valence electrons. The highest BCUT2D eigenvalue weighted by Gasteiger charge is 2.21. The molecule has 2 heterocycles. The van der Waals surface area contributed by atoms with E-state index in [4.69, 9.17) is 19.7 Å². The number of nitriles is 1. The Hall–Kier alpha value is -3.35. The van der Waals surface area contributed by atoms with E-state index in [-0.39, 0.29) is 5.91 Å². The highest BCUT2D eigenvalue weighted by atomic mass is 32.1. The fourth-order valence-electron chi connectivity index (χ4n) is 3.72. The predicted molar refractivity (Wildman–Crippen MR) is 125 cm³/mol. The first-order valence-corrected chi connectivity index (χ1v) is 11.2. The standard InChI is InChI=1S/C23H25N5O3S/c1-30-18-7-8-19-20(21(18)31-2)26-23(32-19)28-13-11-27(12-14-28)10-9-25-22(29)17-5-3-16(15-24)4-6-17/h3-8H,9-14H2,1-2H3,(H,25,29). The van der Waals surface area contributed by atoms with E-state index in [0.29, 0.717) is 29.2 Å². The lowest BCUT2D eigenvalue weighted by atomic mass is 10.1. The largest absolute Gasteiger partial charge is 0.493 e. The Balaban J connectivity index is 1.29. The lowest BCUT2D eigenvalue weighted by Gasteiger charge is -2.34. The summed E-state index contributed by atoms with van der Waals surface area (Å²) in [5.41, 5.74) is 1.95. The number of aromatic nitrogens is 1. The summed E-state index contributed by atoms with van der Waals surface area (Å²) in [4.78, 5) is 21.7. The molecule has 0 unspecified atom stereocenters. The number of thiazole rings is 1. The molecule has 0 bridgehead atoms. The van der Waals surface area contributed by atoms with Crippen LogP contribution in [0.15, 0.2) is 36.4 Å². The number of amides is 1. The molecule has 8 nitrogen and oxygen atoms in total. The molecular weight excluding hydrogens is 426 g/mol. The summed E-state index contributed by atoms with van der Waals surface area (Å²) in [7, 11) is 3.26. The summed E-state index contributed by atoms with van der Waals surface area (Å²) in [5, 5.41) is 12.8. The molecule has 9 heteroatoms. The lowest BCUT2D eigenvalue weighted by Crippen LogP contribution is -2.48. The summed E-state index contributed by atoms with van der Waals surface area (Å²) in [6.07, 6.45) is 0. The second kappa shape index (κ2) is 9.85. The highest BCUT2D eigenvalue weighted by molar-refractivity contribution is 7.22. The number of carbonyl (C=O) groups is 1. The first kappa shape index (κ1) is 21.9. The van der Waals surface area contributed by atoms with Gasteiger partial charge < -0.3 is 19.7 Å². The molecular formula is C23H25N5O3S. The van der Waals surface area contributed by atoms with Gasteiger partial charge in [-0.25, -0.2) is 4.98 Å². The van der Waals surface area contributed by atoms with E-state index < -0.39 is 0 Å². The molecule has 2 aromatic carbocycles. The fourth-order valence-corrected chi connectivity index (χ4v) is 4.74. The van der Waals surface area contributed by atoms with Crippen molar-refractivity contribution >= 4 is 32.6 Å². The van der Waals surface area contributed by atoms with E-state index >= 15 is 0 Å². The smallest absolute Gasteiger partial charge is 0.251 e. The van der Waals surface area contributed by atoms with Gasteiger partial charge in [0.15, 0.2) is 16.6 Å². The van der Waals surface area contributed by atoms with E-state index in [1.165, 1.54) is 0 Å². The van der Waals surface area contributed by atoms with Crippen molar-refractivity contribution in [2.45, 2.75) is 0 Å². The summed E-state index contributed by atoms with van der Waals surface area (Å²) in [6, 6.07) is 12.6. The third-order valence-electron chi connectivity index (χ3n) is 5.52. The second-order valence-electron chi connectivity index (χ2n) is 7.42. The van der Waals surface area contributed by atoms with Crippen LogP contribution in [0.4, 0.5) is 5.13 Å². The maximum atomic E-state index is 12.3. The first-order chi connectivity index (χ1) is 15.6. The van der Waals surface area contributed by atoms with Crippen molar-refractivity contribution in [2.24, 2.45) is 0 Å². The molecule has 32 heavy (non-hydrogen) atoms. The van der Waals surface area contributed by atoms with Crippen LogP contribution < -0.4 is 19.7 Å². The van der Waals surface area contributed by atoms with E-state index in [1.807, 2.05) is 12.1 Å². The Kier molecular flexibility index (Phi) is 6.73. The van der Waals surface area contributed by atoms with Crippen molar-refractivity contribution in [3.8, 4) is 17.6 Å². The Labute approximate surface area is 191 Å². The van der Waals surface area contributed by atoms with Crippen LogP contribution in [0.25, 0.3) is 10.2 Å². The van der Waals surface area contributed by atoms with Gasteiger partial charge in [0.1, 0.15) is 5.52 Å². The van der Waals surface area contributed by atoms with Crippen molar-refractivity contribution in [2.75, 3.05) is 58.4 Å². The van der Waals surface area contributed by atoms with Crippen LogP contribution in [0.2, 0.25) is 0 Å². The fraction of sp³-hybridized carbons (Fsp3) is 0.348. The number of carbonyl (C=O) groups excluding carboxylic acids is 1. The van der Waals surface area contributed by atoms with Crippen LogP contribution in [-0.2, 0) is 0 Å². The van der Waals surface area contributed by atoms with Crippen molar-refractivity contribution in [3.63, 3.8) is 0 Å². The van der Waals surface area contributed by atoms with Gasteiger partial charge in [0.25, 0.3) is 5.91 Å². The molecule has 1 fully saturated rings. The van der Waals surface area contributed by atoms with Crippen LogP contribution in [0.3, 0.4) is 0 Å². The molecule has 0 atom stereocenters. The maximum Gasteiger partial charge on any atom is 0.251 e. The average molecular weight is 452 g/mol. The zero-order chi connectivity index (χ0) is 22.5. The van der Waals surface area contributed by atoms with Crippen molar-refractivity contribution in [1.82, 2.24) is 15.2 Å². The van der Waals surface area contributed by atoms with Gasteiger partial charge in [-0.1, -0.05) is 11.3 Å². The van der Waals surface area contributed by atoms with E-state index in [2.05, 4.69) is 21.2 Å². The van der Waals surface area contributed by atoms with Crippen LogP contribution in [0, 0.1) is 11.3 Å². The van der Waals surface area contributed by atoms with Gasteiger partial charge in [0, 0.05) is 44.8 Å². The number of methoxy groups -OCH3 is 2. The van der Waals surface area contributed by atoms with Gasteiger partial charge in [-0.05, 0) is 36.4 Å². The van der Waals surface area contributed by atoms with Crippen LogP contribution in [0.1, 0.15) is 15.9 Å². The van der Waals surface area contributed by atoms with Crippen molar-refractivity contribution in [3.05, 3.63) is 47.5 Å². The summed E-state index contributed by atoms with van der Waals surface area (Å²) < 4.78 is 12.0. The van der Waals surface area contributed by atoms with Crippen LogP contribution in [0.5, 0.6) is 11.5 Å². The topological polar surface area (TPSA) is 90.7 Å². The first-order valence-electron chi connectivity index (χ1n) is 10.4. The number of anilines is 1. The number of fused-ring (bicyclic) bond motifs is 1. The van der Waals surface area contributed by atoms with Crippen molar-refractivity contribution < 1.29 is 14.3 Å². The molecule has 0 aliphatic carbocycles. The van der Waals surface area contributed by atoms with Gasteiger partial charge >= 0.3 is 0 Å². The lowest BCUT2D eigenvalue weighted by molar-refractivity contribution is 0.0948. The molecule has 1 aliphatic heterocycles. The van der Waals surface area contributed by atoms with Crippen LogP contribution >= 0.6 is 11.3 Å². The number of hydrogen-bond acceptors (Lipinski definition) is 8. The Morgan fingerprint density at radius 2 is 1.88 bits per heavy atom. The Morgan fingerprint density at radius 1 is 1.12 bits per heavy atom. The van der Waals surface area contributed by atoms with Crippen molar-refractivity contribution in [1.29, 1.82) is 5.26 Å². The van der Waals surface area contributed by atoms with Gasteiger partial charge in [0.2, 0.25) is 0 Å². The quantitative estimate of drug-likeness (QED) is 0.591. The van der Waals surface area contributed by atoms with Crippen LogP contribution in [-0.4, -0.2) is 69.3 Å². The monoisotopic (exact) mass is 451 g/mol. The van der Waals surface area contributed by atoms with Gasteiger partial charge in [-0.3, -0.25) is 9.69 Å². The van der Waals surface area contributed by atoms with Gasteiger partial charge in [-0.15, -0.1) is 0 Å². The van der Waals surface area contributed by atoms with E-state index in [1.54, 1.807) is 49.8 Å². The number of piperazine rings is 1. The number of ether oxygens (including phenoxy) is 2. The molecule has 1 aromatic heterocycles. The molecule has 0 spiro atoms.